The van der Waals surface area contributed by atoms with Crippen molar-refractivity contribution in [3.05, 3.63) is 44.3 Å². The van der Waals surface area contributed by atoms with Crippen LogP contribution in [0.3, 0.4) is 0 Å². The SMILES string of the molecule is Cc1nc(C(=O)NC23CCC(NC(=O)COc4ccc(Cl)c(Cl)c4)(CC2)[C@@H](O)C3)cs1. The molecule has 1 heterocycles. The van der Waals surface area contributed by atoms with E-state index in [0.717, 1.165) is 5.01 Å². The number of ether oxygens (including phenoxy) is 1. The number of aromatic nitrogens is 1. The smallest absolute Gasteiger partial charge is 0.271 e. The van der Waals surface area contributed by atoms with E-state index in [9.17, 15) is 14.7 Å². The monoisotopic (exact) mass is 483 g/mol. The van der Waals surface area contributed by atoms with Crippen LogP contribution in [0.1, 0.15) is 47.6 Å². The molecular formula is C21H23Cl2N3O4S. The van der Waals surface area contributed by atoms with Gasteiger partial charge in [0.25, 0.3) is 11.8 Å². The predicted molar refractivity (Wildman–Crippen MR) is 119 cm³/mol. The van der Waals surface area contributed by atoms with E-state index < -0.39 is 17.2 Å². The van der Waals surface area contributed by atoms with Gasteiger partial charge in [-0.25, -0.2) is 4.98 Å². The van der Waals surface area contributed by atoms with E-state index in [0.29, 0.717) is 53.6 Å². The van der Waals surface area contributed by atoms with Crippen LogP contribution in [0.4, 0.5) is 0 Å². The molecule has 31 heavy (non-hydrogen) atoms. The molecule has 166 valence electrons. The molecule has 0 spiro atoms. The number of aliphatic hydroxyl groups is 1. The van der Waals surface area contributed by atoms with Gasteiger partial charge in [-0.1, -0.05) is 23.2 Å². The van der Waals surface area contributed by atoms with Gasteiger partial charge >= 0.3 is 0 Å². The van der Waals surface area contributed by atoms with Crippen LogP contribution in [0.5, 0.6) is 5.75 Å². The Morgan fingerprint density at radius 2 is 1.97 bits per heavy atom. The number of hydrogen-bond donors (Lipinski definition) is 3. The van der Waals surface area contributed by atoms with Crippen molar-refractivity contribution in [2.45, 2.75) is 56.2 Å². The van der Waals surface area contributed by atoms with Gasteiger partial charge in [0.15, 0.2) is 6.61 Å². The van der Waals surface area contributed by atoms with Gasteiger partial charge in [0.2, 0.25) is 0 Å². The molecule has 5 rings (SSSR count). The fourth-order valence-corrected chi connectivity index (χ4v) is 5.34. The highest BCUT2D eigenvalue weighted by Gasteiger charge is 2.55. The summed E-state index contributed by atoms with van der Waals surface area (Å²) in [6, 6.07) is 4.78. The Kier molecular flexibility index (Phi) is 6.18. The summed E-state index contributed by atoms with van der Waals surface area (Å²) in [7, 11) is 0. The first-order chi connectivity index (χ1) is 14.7. The average molecular weight is 484 g/mol. The molecule has 0 saturated heterocycles. The molecule has 0 unspecified atom stereocenters. The van der Waals surface area contributed by atoms with E-state index in [4.69, 9.17) is 27.9 Å². The second-order valence-corrected chi connectivity index (χ2v) is 10.2. The van der Waals surface area contributed by atoms with Crippen LogP contribution in [0, 0.1) is 6.92 Å². The first kappa shape index (κ1) is 22.3. The van der Waals surface area contributed by atoms with Crippen molar-refractivity contribution in [3.63, 3.8) is 0 Å². The highest BCUT2D eigenvalue weighted by Crippen LogP contribution is 2.47. The molecule has 3 aliphatic carbocycles. The fourth-order valence-electron chi connectivity index (χ4n) is 4.46. The molecule has 10 heteroatoms. The number of aliphatic hydroxyl groups excluding tert-OH is 1. The zero-order valence-electron chi connectivity index (χ0n) is 16.9. The molecule has 3 aliphatic rings. The number of carbonyl (C=O) groups excluding carboxylic acids is 2. The molecule has 0 aliphatic heterocycles. The van der Waals surface area contributed by atoms with E-state index in [2.05, 4.69) is 15.6 Å². The van der Waals surface area contributed by atoms with Crippen LogP contribution < -0.4 is 15.4 Å². The van der Waals surface area contributed by atoms with Crippen LogP contribution >= 0.6 is 34.5 Å². The van der Waals surface area contributed by atoms with Crippen molar-refractivity contribution in [2.24, 2.45) is 0 Å². The van der Waals surface area contributed by atoms with E-state index in [-0.39, 0.29) is 18.4 Å². The lowest BCUT2D eigenvalue weighted by Gasteiger charge is -2.56. The molecule has 3 N–H and O–H groups in total. The Bertz CT molecular complexity index is 1000. The molecule has 1 atom stereocenters. The van der Waals surface area contributed by atoms with E-state index in [1.54, 1.807) is 23.6 Å². The van der Waals surface area contributed by atoms with Crippen LogP contribution in [0.15, 0.2) is 23.6 Å². The number of nitrogens with zero attached hydrogens (tertiary/aromatic N) is 1. The summed E-state index contributed by atoms with van der Waals surface area (Å²) in [4.78, 5) is 29.3. The number of benzene rings is 1. The summed E-state index contributed by atoms with van der Waals surface area (Å²) < 4.78 is 5.51. The lowest BCUT2D eigenvalue weighted by Crippen LogP contribution is -2.70. The van der Waals surface area contributed by atoms with Crippen LogP contribution in [0.25, 0.3) is 0 Å². The van der Waals surface area contributed by atoms with Gasteiger partial charge in [-0.15, -0.1) is 11.3 Å². The summed E-state index contributed by atoms with van der Waals surface area (Å²) in [6.07, 6.45) is 2.11. The number of fused-ring (bicyclic) bond motifs is 3. The van der Waals surface area contributed by atoms with Crippen molar-refractivity contribution in [2.75, 3.05) is 6.61 Å². The molecular weight excluding hydrogens is 461 g/mol. The van der Waals surface area contributed by atoms with Gasteiger partial charge in [-0.05, 0) is 51.2 Å². The van der Waals surface area contributed by atoms with E-state index in [1.807, 2.05) is 6.92 Å². The molecule has 7 nitrogen and oxygen atoms in total. The Hall–Kier alpha value is -1.87. The standard InChI is InChI=1S/C21H23Cl2N3O4S/c1-12-24-16(11-31-12)19(29)26-20-4-6-21(7-5-20,17(27)9-20)25-18(28)10-30-13-2-3-14(22)15(23)8-13/h2-3,8,11,17,27H,4-7,9-10H2,1H3,(H,25,28)(H,26,29)/t17-,20?,21?/m0/s1. The van der Waals surface area contributed by atoms with Gasteiger partial charge in [0.1, 0.15) is 11.4 Å². The maximum Gasteiger partial charge on any atom is 0.271 e. The molecule has 1 aromatic heterocycles. The Labute approximate surface area is 194 Å². The van der Waals surface area contributed by atoms with Crippen LogP contribution in [-0.2, 0) is 4.79 Å². The number of hydrogen-bond acceptors (Lipinski definition) is 6. The van der Waals surface area contributed by atoms with Crippen molar-refractivity contribution in [3.8, 4) is 5.75 Å². The largest absolute Gasteiger partial charge is 0.484 e. The van der Waals surface area contributed by atoms with Gasteiger partial charge < -0.3 is 20.5 Å². The van der Waals surface area contributed by atoms with Gasteiger partial charge in [-0.2, -0.15) is 0 Å². The first-order valence-corrected chi connectivity index (χ1v) is 11.7. The Morgan fingerprint density at radius 3 is 2.58 bits per heavy atom. The molecule has 2 bridgehead atoms. The summed E-state index contributed by atoms with van der Waals surface area (Å²) in [6.45, 7) is 1.66. The maximum atomic E-state index is 12.6. The number of aryl methyl sites for hydroxylation is 1. The fraction of sp³-hybridized carbons (Fsp3) is 0.476. The lowest BCUT2D eigenvalue weighted by atomic mass is 9.60. The molecule has 2 aromatic rings. The number of thiazole rings is 1. The molecule has 3 saturated carbocycles. The quantitative estimate of drug-likeness (QED) is 0.583. The third-order valence-corrected chi connectivity index (χ3v) is 7.71. The van der Waals surface area contributed by atoms with Crippen LogP contribution in [-0.4, -0.2) is 45.7 Å². The minimum atomic E-state index is -0.763. The number of amides is 2. The normalized spacial score (nSPS) is 27.0. The predicted octanol–water partition coefficient (Wildman–Crippen LogP) is 3.50. The summed E-state index contributed by atoms with van der Waals surface area (Å²) in [5, 5.41) is 20.2. The van der Waals surface area contributed by atoms with Crippen molar-refractivity contribution < 1.29 is 19.4 Å². The highest BCUT2D eigenvalue weighted by molar-refractivity contribution is 7.09. The first-order valence-electron chi connectivity index (χ1n) is 10.0. The topological polar surface area (TPSA) is 101 Å². The minimum Gasteiger partial charge on any atom is -0.484 e. The van der Waals surface area contributed by atoms with Crippen molar-refractivity contribution in [1.29, 1.82) is 0 Å². The third kappa shape index (κ3) is 4.67. The van der Waals surface area contributed by atoms with Crippen LogP contribution in [0.2, 0.25) is 10.0 Å². The van der Waals surface area contributed by atoms with Gasteiger partial charge in [0.05, 0.1) is 26.7 Å². The third-order valence-electron chi connectivity index (χ3n) is 6.20. The van der Waals surface area contributed by atoms with Crippen molar-refractivity contribution in [1.82, 2.24) is 15.6 Å². The lowest BCUT2D eigenvalue weighted by molar-refractivity contribution is -0.132. The van der Waals surface area contributed by atoms with E-state index in [1.165, 1.54) is 11.3 Å². The van der Waals surface area contributed by atoms with E-state index >= 15 is 0 Å². The number of halogens is 2. The maximum absolute atomic E-state index is 12.6. The average Bonchev–Trinajstić information content (AvgIpc) is 3.17. The number of rotatable bonds is 6. The molecule has 1 aromatic carbocycles. The van der Waals surface area contributed by atoms with Gasteiger partial charge in [-0.3, -0.25) is 9.59 Å². The Morgan fingerprint density at radius 1 is 1.23 bits per heavy atom. The summed E-state index contributed by atoms with van der Waals surface area (Å²) in [5.74, 6) is -0.0968. The summed E-state index contributed by atoms with van der Waals surface area (Å²) >= 11 is 13.3. The second-order valence-electron chi connectivity index (χ2n) is 8.28. The van der Waals surface area contributed by atoms with Crippen molar-refractivity contribution >= 4 is 46.4 Å². The summed E-state index contributed by atoms with van der Waals surface area (Å²) in [5.41, 5.74) is -0.778. The molecule has 2 amide bonds. The zero-order valence-corrected chi connectivity index (χ0v) is 19.2. The second kappa shape index (κ2) is 8.58. The number of carbonyl (C=O) groups is 2. The number of nitrogens with one attached hydrogen (secondary N) is 2. The van der Waals surface area contributed by atoms with Gasteiger partial charge in [0, 0.05) is 17.0 Å². The minimum absolute atomic E-state index is 0.197. The highest BCUT2D eigenvalue weighted by atomic mass is 35.5. The molecule has 3 fully saturated rings. The zero-order chi connectivity index (χ0) is 22.2. The Balaban J connectivity index is 1.34. The molecule has 0 radical (unpaired) electrons.